The van der Waals surface area contributed by atoms with Gasteiger partial charge in [0.25, 0.3) is 5.91 Å². The van der Waals surface area contributed by atoms with Crippen molar-refractivity contribution in [2.45, 2.75) is 20.8 Å². The van der Waals surface area contributed by atoms with Crippen LogP contribution in [0, 0.1) is 20.8 Å². The first-order chi connectivity index (χ1) is 11.5. The number of amides is 1. The molecule has 0 spiro atoms. The summed E-state index contributed by atoms with van der Waals surface area (Å²) in [5, 5.41) is 13.8. The van der Waals surface area contributed by atoms with Crippen molar-refractivity contribution in [2.75, 3.05) is 0 Å². The Balaban J connectivity index is 1.81. The molecule has 0 aliphatic rings. The molecule has 3 rings (SSSR count). The first-order valence-electron chi connectivity index (χ1n) is 7.54. The third-order valence-electron chi connectivity index (χ3n) is 3.81. The maximum Gasteiger partial charge on any atom is 0.290 e. The molecule has 0 aliphatic heterocycles. The lowest BCUT2D eigenvalue weighted by Gasteiger charge is -2.04. The van der Waals surface area contributed by atoms with E-state index in [9.17, 15) is 9.90 Å². The first-order valence-corrected chi connectivity index (χ1v) is 7.54. The van der Waals surface area contributed by atoms with Crippen LogP contribution in [0.2, 0.25) is 0 Å². The van der Waals surface area contributed by atoms with E-state index < -0.39 is 0 Å². The smallest absolute Gasteiger partial charge is 0.290 e. The van der Waals surface area contributed by atoms with Crippen molar-refractivity contribution in [1.82, 2.24) is 14.8 Å². The van der Waals surface area contributed by atoms with Crippen LogP contribution < -0.4 is 5.43 Å². The maximum atomic E-state index is 12.4. The van der Waals surface area contributed by atoms with Crippen LogP contribution in [0.4, 0.5) is 0 Å². The van der Waals surface area contributed by atoms with E-state index in [0.717, 1.165) is 16.7 Å². The van der Waals surface area contributed by atoms with Crippen LogP contribution in [0.3, 0.4) is 0 Å². The van der Waals surface area contributed by atoms with Gasteiger partial charge < -0.3 is 5.11 Å². The topological polar surface area (TPSA) is 79.0 Å². The number of carbonyl (C=O) groups excluding carboxylic acids is 1. The summed E-state index contributed by atoms with van der Waals surface area (Å²) in [5.41, 5.74) is 6.68. The second kappa shape index (κ2) is 6.16. The van der Waals surface area contributed by atoms with Crippen LogP contribution >= 0.6 is 0 Å². The number of imidazole rings is 1. The van der Waals surface area contributed by atoms with Crippen LogP contribution in [0.25, 0.3) is 5.65 Å². The number of benzene rings is 1. The van der Waals surface area contributed by atoms with Gasteiger partial charge in [0, 0.05) is 6.20 Å². The number of hydrogen-bond acceptors (Lipinski definition) is 4. The van der Waals surface area contributed by atoms with Crippen LogP contribution in [0.15, 0.2) is 41.6 Å². The Morgan fingerprint density at radius 3 is 2.67 bits per heavy atom. The fourth-order valence-electron chi connectivity index (χ4n) is 2.67. The van der Waals surface area contributed by atoms with Gasteiger partial charge in [0.1, 0.15) is 17.1 Å². The van der Waals surface area contributed by atoms with E-state index in [2.05, 4.69) is 15.5 Å². The van der Waals surface area contributed by atoms with Gasteiger partial charge in [-0.2, -0.15) is 5.10 Å². The summed E-state index contributed by atoms with van der Waals surface area (Å²) in [4.78, 5) is 16.7. The Morgan fingerprint density at radius 2 is 1.96 bits per heavy atom. The lowest BCUT2D eigenvalue weighted by atomic mass is 10.1. The summed E-state index contributed by atoms with van der Waals surface area (Å²) >= 11 is 0. The minimum atomic E-state index is -0.324. The standard InChI is InChI=1S/C18H18N4O2/c1-11-8-14(9-12(2)17(11)23)10-19-21-18(24)16-13(3)20-15-6-4-5-7-22(15)16/h4-10,23H,1-3H3,(H,21,24)/b19-10+. The Bertz CT molecular complexity index is 934. The van der Waals surface area contributed by atoms with Gasteiger partial charge in [-0.1, -0.05) is 6.07 Å². The molecule has 2 heterocycles. The van der Waals surface area contributed by atoms with Gasteiger partial charge in [0.15, 0.2) is 0 Å². The van der Waals surface area contributed by atoms with Crippen LogP contribution in [-0.4, -0.2) is 26.6 Å². The second-order valence-corrected chi connectivity index (χ2v) is 5.68. The maximum absolute atomic E-state index is 12.4. The molecule has 122 valence electrons. The molecule has 0 bridgehead atoms. The molecule has 2 aromatic heterocycles. The number of pyridine rings is 1. The molecule has 0 saturated carbocycles. The minimum absolute atomic E-state index is 0.276. The van der Waals surface area contributed by atoms with Crippen LogP contribution in [-0.2, 0) is 0 Å². The number of rotatable bonds is 3. The van der Waals surface area contributed by atoms with E-state index in [1.807, 2.05) is 32.0 Å². The second-order valence-electron chi connectivity index (χ2n) is 5.68. The number of nitrogens with zero attached hydrogens (tertiary/aromatic N) is 3. The number of aromatic nitrogens is 2. The van der Waals surface area contributed by atoms with Gasteiger partial charge >= 0.3 is 0 Å². The number of fused-ring (bicyclic) bond motifs is 1. The van der Waals surface area contributed by atoms with E-state index in [1.165, 1.54) is 0 Å². The number of carbonyl (C=O) groups is 1. The fourth-order valence-corrected chi connectivity index (χ4v) is 2.67. The minimum Gasteiger partial charge on any atom is -0.507 e. The van der Waals surface area contributed by atoms with Gasteiger partial charge in [0.05, 0.1) is 11.9 Å². The van der Waals surface area contributed by atoms with E-state index in [-0.39, 0.29) is 11.7 Å². The Labute approximate surface area is 139 Å². The first kappa shape index (κ1) is 15.7. The zero-order valence-corrected chi connectivity index (χ0v) is 13.7. The normalized spacial score (nSPS) is 11.3. The van der Waals surface area contributed by atoms with Gasteiger partial charge in [-0.05, 0) is 61.7 Å². The van der Waals surface area contributed by atoms with Crippen molar-refractivity contribution in [3.63, 3.8) is 0 Å². The largest absolute Gasteiger partial charge is 0.507 e. The molecule has 3 aromatic rings. The number of phenols is 1. The van der Waals surface area contributed by atoms with Gasteiger partial charge in [-0.15, -0.1) is 0 Å². The average molecular weight is 322 g/mol. The average Bonchev–Trinajstić information content (AvgIpc) is 2.88. The summed E-state index contributed by atoms with van der Waals surface area (Å²) in [6, 6.07) is 9.16. The molecule has 24 heavy (non-hydrogen) atoms. The number of aryl methyl sites for hydroxylation is 3. The van der Waals surface area contributed by atoms with Crippen molar-refractivity contribution in [1.29, 1.82) is 0 Å². The Hall–Kier alpha value is -3.15. The summed E-state index contributed by atoms with van der Waals surface area (Å²) in [6.45, 7) is 5.43. The molecule has 0 unspecified atom stereocenters. The SMILES string of the molecule is Cc1cc(/C=N/NC(=O)c2c(C)nc3ccccn23)cc(C)c1O. The Morgan fingerprint density at radius 1 is 1.25 bits per heavy atom. The monoisotopic (exact) mass is 322 g/mol. The number of hydrogen-bond donors (Lipinski definition) is 2. The highest BCUT2D eigenvalue weighted by molar-refractivity contribution is 5.95. The molecule has 6 nitrogen and oxygen atoms in total. The highest BCUT2D eigenvalue weighted by Gasteiger charge is 2.15. The molecular weight excluding hydrogens is 304 g/mol. The zero-order valence-electron chi connectivity index (χ0n) is 13.7. The van der Waals surface area contributed by atoms with Crippen molar-refractivity contribution in [3.8, 4) is 5.75 Å². The predicted molar refractivity (Wildman–Crippen MR) is 92.6 cm³/mol. The van der Waals surface area contributed by atoms with Crippen molar-refractivity contribution >= 4 is 17.8 Å². The molecule has 0 atom stereocenters. The highest BCUT2D eigenvalue weighted by Crippen LogP contribution is 2.22. The third kappa shape index (κ3) is 2.86. The molecular formula is C18H18N4O2. The predicted octanol–water partition coefficient (Wildman–Crippen LogP) is 2.73. The van der Waals surface area contributed by atoms with Crippen LogP contribution in [0.1, 0.15) is 32.9 Å². The molecule has 1 amide bonds. The number of aromatic hydroxyl groups is 1. The zero-order chi connectivity index (χ0) is 17.3. The third-order valence-corrected chi connectivity index (χ3v) is 3.81. The highest BCUT2D eigenvalue weighted by atomic mass is 16.3. The quantitative estimate of drug-likeness (QED) is 0.575. The fraction of sp³-hybridized carbons (Fsp3) is 0.167. The summed E-state index contributed by atoms with van der Waals surface area (Å²) in [7, 11) is 0. The van der Waals surface area contributed by atoms with Gasteiger partial charge in [-0.25, -0.2) is 10.4 Å². The van der Waals surface area contributed by atoms with Crippen molar-refractivity contribution < 1.29 is 9.90 Å². The number of phenolic OH excluding ortho intramolecular Hbond substituents is 1. The van der Waals surface area contributed by atoms with E-state index in [4.69, 9.17) is 0 Å². The molecule has 0 fully saturated rings. The molecule has 0 aliphatic carbocycles. The molecule has 0 radical (unpaired) electrons. The lowest BCUT2D eigenvalue weighted by molar-refractivity contribution is 0.0948. The molecule has 1 aromatic carbocycles. The van der Waals surface area contributed by atoms with E-state index in [1.54, 1.807) is 35.9 Å². The number of hydrazone groups is 1. The van der Waals surface area contributed by atoms with Crippen molar-refractivity contribution in [3.05, 3.63) is 64.6 Å². The van der Waals surface area contributed by atoms with Gasteiger partial charge in [0.2, 0.25) is 0 Å². The van der Waals surface area contributed by atoms with Crippen LogP contribution in [0.5, 0.6) is 5.75 Å². The van der Waals surface area contributed by atoms with E-state index in [0.29, 0.717) is 17.0 Å². The summed E-state index contributed by atoms with van der Waals surface area (Å²) in [5.74, 6) is -0.0489. The lowest BCUT2D eigenvalue weighted by Crippen LogP contribution is -2.20. The molecule has 6 heteroatoms. The Kier molecular flexibility index (Phi) is 4.04. The summed E-state index contributed by atoms with van der Waals surface area (Å²) in [6.07, 6.45) is 3.34. The van der Waals surface area contributed by atoms with Crippen molar-refractivity contribution in [2.24, 2.45) is 5.10 Å². The summed E-state index contributed by atoms with van der Waals surface area (Å²) < 4.78 is 1.73. The molecule has 2 N–H and O–H groups in total. The number of nitrogens with one attached hydrogen (secondary N) is 1. The van der Waals surface area contributed by atoms with E-state index >= 15 is 0 Å². The van der Waals surface area contributed by atoms with Gasteiger partial charge in [-0.3, -0.25) is 9.20 Å². The molecule has 0 saturated heterocycles.